The molecule has 12 heteroatoms. The minimum atomic E-state index is -0.271. The van der Waals surface area contributed by atoms with Crippen LogP contribution in [0, 0.1) is 22.7 Å². The minimum absolute atomic E-state index is 0.120. The number of pyridine rings is 2. The molecule has 2 amide bonds. The molecular weight excluding hydrogens is 705 g/mol. The second-order valence-corrected chi connectivity index (χ2v) is 13.7. The fourth-order valence-corrected chi connectivity index (χ4v) is 7.49. The molecule has 0 saturated carbocycles. The quantitative estimate of drug-likeness (QED) is 0.155. The van der Waals surface area contributed by atoms with Crippen LogP contribution in [0.5, 0.6) is 11.5 Å². The fourth-order valence-electron chi connectivity index (χ4n) is 7.49. The first-order valence-electron chi connectivity index (χ1n) is 18.7. The van der Waals surface area contributed by atoms with Crippen LogP contribution >= 0.6 is 0 Å². The van der Waals surface area contributed by atoms with Gasteiger partial charge < -0.3 is 30.7 Å². The molecule has 56 heavy (non-hydrogen) atoms. The molecule has 4 aliphatic heterocycles. The lowest BCUT2D eigenvalue weighted by molar-refractivity contribution is 0.0946. The van der Waals surface area contributed by atoms with Crippen LogP contribution in [0.4, 0.5) is 11.6 Å². The summed E-state index contributed by atoms with van der Waals surface area (Å²) in [5, 5.41) is 35.2. The van der Waals surface area contributed by atoms with Gasteiger partial charge in [0, 0.05) is 48.6 Å². The lowest BCUT2D eigenvalue weighted by Crippen LogP contribution is -2.37. The van der Waals surface area contributed by atoms with Gasteiger partial charge in [-0.15, -0.1) is 0 Å². The van der Waals surface area contributed by atoms with Gasteiger partial charge in [0.1, 0.15) is 23.8 Å². The highest BCUT2D eigenvalue weighted by atomic mass is 16.5. The molecule has 10 rings (SSSR count). The van der Waals surface area contributed by atoms with Crippen molar-refractivity contribution in [3.05, 3.63) is 116 Å². The Labute approximate surface area is 324 Å². The zero-order valence-electron chi connectivity index (χ0n) is 31.6. The van der Waals surface area contributed by atoms with E-state index in [0.717, 1.165) is 63.0 Å². The van der Waals surface area contributed by atoms with Gasteiger partial charge in [0.25, 0.3) is 11.8 Å². The van der Waals surface area contributed by atoms with Crippen LogP contribution in [0.15, 0.2) is 66.7 Å². The van der Waals surface area contributed by atoms with E-state index in [1.54, 1.807) is 18.2 Å². The Hall–Kier alpha value is -6.92. The van der Waals surface area contributed by atoms with Gasteiger partial charge in [-0.1, -0.05) is 25.1 Å². The highest BCUT2D eigenvalue weighted by molar-refractivity contribution is 5.95. The highest BCUT2D eigenvalue weighted by Crippen LogP contribution is 2.36. The number of aromatic nitrogens is 2. The van der Waals surface area contributed by atoms with E-state index in [0.29, 0.717) is 71.4 Å². The normalized spacial score (nSPS) is 14.8. The molecule has 0 radical (unpaired) electrons. The molecule has 1 atom stereocenters. The molecule has 5 aliphatic rings. The molecule has 3 aromatic carbocycles. The number of nitrogens with zero attached hydrogens (tertiary/aromatic N) is 4. The highest BCUT2D eigenvalue weighted by Gasteiger charge is 2.24. The maximum atomic E-state index is 13.2. The molecule has 0 spiro atoms. The second kappa shape index (κ2) is 16.6. The van der Waals surface area contributed by atoms with Gasteiger partial charge >= 0.3 is 0 Å². The van der Waals surface area contributed by atoms with Gasteiger partial charge in [0.2, 0.25) is 0 Å². The van der Waals surface area contributed by atoms with E-state index in [9.17, 15) is 20.1 Å². The molecular formula is C44H42N8O4. The predicted molar refractivity (Wildman–Crippen MR) is 215 cm³/mol. The monoisotopic (exact) mass is 746 g/mol. The number of fused-ring (bicyclic) bond motifs is 1. The SMILES string of the molecule is CCc1cc2ccc1CC(C1=c3nc(NCCNC(=O)c4ccc(OC)c(OC)c4)c(C#N)cc3=CCC1)c1ccc3nc(c(C#N)cc3c1)NCCNC2=O. The van der Waals surface area contributed by atoms with Gasteiger partial charge in [0.05, 0.1) is 36.2 Å². The van der Waals surface area contributed by atoms with Gasteiger partial charge in [0.15, 0.2) is 11.5 Å². The smallest absolute Gasteiger partial charge is 0.251 e. The number of carbonyl (C=O) groups excluding carboxylic acids is 2. The summed E-state index contributed by atoms with van der Waals surface area (Å²) < 4.78 is 10.6. The van der Waals surface area contributed by atoms with Crippen LogP contribution in [-0.2, 0) is 12.8 Å². The van der Waals surface area contributed by atoms with Gasteiger partial charge in [-0.2, -0.15) is 10.5 Å². The Balaban J connectivity index is 1.27. The summed E-state index contributed by atoms with van der Waals surface area (Å²) in [5.74, 6) is 1.36. The molecule has 4 N–H and O–H groups in total. The van der Waals surface area contributed by atoms with Crippen molar-refractivity contribution in [2.75, 3.05) is 51.0 Å². The maximum absolute atomic E-state index is 13.2. The van der Waals surface area contributed by atoms with Crippen molar-refractivity contribution < 1.29 is 19.1 Å². The van der Waals surface area contributed by atoms with Crippen molar-refractivity contribution in [2.24, 2.45) is 0 Å². The maximum Gasteiger partial charge on any atom is 0.251 e. The average Bonchev–Trinajstić information content (AvgIpc) is 3.24. The molecule has 5 aromatic rings. The Morgan fingerprint density at radius 2 is 1.73 bits per heavy atom. The number of aryl methyl sites for hydroxylation is 1. The van der Waals surface area contributed by atoms with Crippen molar-refractivity contribution in [3.63, 3.8) is 0 Å². The zero-order chi connectivity index (χ0) is 39.2. The van der Waals surface area contributed by atoms with Crippen LogP contribution in [-0.4, -0.2) is 62.2 Å². The average molecular weight is 747 g/mol. The standard InChI is InChI=1S/C44H42N8O4/c1-4-26-18-30-9-8-27(26)22-36(28-10-12-37-32(19-28)21-34(25-46)41(51-37)47-14-16-49-43(30)53)35-7-5-6-29-20-33(24-45)42(52-40(29)35)48-15-17-50-44(54)31-11-13-38(55-2)39(23-31)56-3/h6,8-13,18-21,23,36H,4-5,7,14-17,22H2,1-3H3,(H,47,51)(H,48,52)(H,49,53)(H,50,54). The summed E-state index contributed by atoms with van der Waals surface area (Å²) >= 11 is 0. The first kappa shape index (κ1) is 37.4. The summed E-state index contributed by atoms with van der Waals surface area (Å²) in [6.07, 6.45) is 5.06. The predicted octanol–water partition coefficient (Wildman–Crippen LogP) is 4.70. The number of hydrogen-bond donors (Lipinski definition) is 4. The van der Waals surface area contributed by atoms with Crippen LogP contribution in [0.25, 0.3) is 22.6 Å². The van der Waals surface area contributed by atoms with Gasteiger partial charge in [-0.25, -0.2) is 9.97 Å². The van der Waals surface area contributed by atoms with Crippen molar-refractivity contribution in [2.45, 2.75) is 38.5 Å². The Kier molecular flexibility index (Phi) is 11.1. The summed E-state index contributed by atoms with van der Waals surface area (Å²) in [7, 11) is 3.06. The molecule has 1 unspecified atom stereocenters. The number of nitrogens with one attached hydrogen (secondary N) is 4. The van der Waals surface area contributed by atoms with E-state index in [1.807, 2.05) is 30.3 Å². The first-order chi connectivity index (χ1) is 27.3. The van der Waals surface area contributed by atoms with E-state index in [1.165, 1.54) is 14.2 Å². The van der Waals surface area contributed by atoms with Crippen molar-refractivity contribution in [1.82, 2.24) is 20.6 Å². The topological polar surface area (TPSA) is 174 Å². The number of anilines is 2. The molecule has 0 saturated heterocycles. The number of methoxy groups -OCH3 is 2. The molecule has 282 valence electrons. The molecule has 6 bridgehead atoms. The molecule has 0 fully saturated rings. The third-order valence-corrected chi connectivity index (χ3v) is 10.4. The van der Waals surface area contributed by atoms with E-state index >= 15 is 0 Å². The lowest BCUT2D eigenvalue weighted by atomic mass is 9.80. The summed E-state index contributed by atoms with van der Waals surface area (Å²) in [5.41, 5.74) is 7.03. The molecule has 1 aliphatic carbocycles. The molecule has 6 heterocycles. The number of hydrogen-bond acceptors (Lipinski definition) is 10. The van der Waals surface area contributed by atoms with Crippen LogP contribution < -0.4 is 41.3 Å². The fraction of sp³-hybridized carbons (Fsp3) is 0.273. The number of amides is 2. The number of ether oxygens (including phenoxy) is 2. The van der Waals surface area contributed by atoms with Crippen molar-refractivity contribution >= 4 is 46.0 Å². The Morgan fingerprint density at radius 1 is 0.911 bits per heavy atom. The molecule has 2 aromatic heterocycles. The lowest BCUT2D eigenvalue weighted by Gasteiger charge is -2.25. The van der Waals surface area contributed by atoms with E-state index in [4.69, 9.17) is 19.4 Å². The van der Waals surface area contributed by atoms with E-state index in [-0.39, 0.29) is 24.3 Å². The number of benzene rings is 3. The Bertz CT molecular complexity index is 2570. The number of carbonyl (C=O) groups is 2. The van der Waals surface area contributed by atoms with Gasteiger partial charge in [-0.05, 0) is 108 Å². The third kappa shape index (κ3) is 7.68. The number of nitriles is 2. The van der Waals surface area contributed by atoms with Crippen molar-refractivity contribution in [3.8, 4) is 23.6 Å². The van der Waals surface area contributed by atoms with E-state index < -0.39 is 0 Å². The number of rotatable bonds is 9. The second-order valence-electron chi connectivity index (χ2n) is 13.7. The van der Waals surface area contributed by atoms with Crippen LogP contribution in [0.1, 0.15) is 74.2 Å². The zero-order valence-corrected chi connectivity index (χ0v) is 31.6. The van der Waals surface area contributed by atoms with E-state index in [2.05, 4.69) is 64.6 Å². The summed E-state index contributed by atoms with van der Waals surface area (Å²) in [6.45, 7) is 3.49. The van der Waals surface area contributed by atoms with Gasteiger partial charge in [-0.3, -0.25) is 9.59 Å². The first-order valence-corrected chi connectivity index (χ1v) is 18.7. The van der Waals surface area contributed by atoms with Crippen molar-refractivity contribution in [1.29, 1.82) is 10.5 Å². The molecule has 12 nitrogen and oxygen atoms in total. The summed E-state index contributed by atoms with van der Waals surface area (Å²) in [6, 6.07) is 25.5. The van der Waals surface area contributed by atoms with Crippen LogP contribution in [0.2, 0.25) is 0 Å². The van der Waals surface area contributed by atoms with Crippen LogP contribution in [0.3, 0.4) is 0 Å². The third-order valence-electron chi connectivity index (χ3n) is 10.4. The Morgan fingerprint density at radius 3 is 2.52 bits per heavy atom. The largest absolute Gasteiger partial charge is 0.493 e. The minimum Gasteiger partial charge on any atom is -0.493 e. The summed E-state index contributed by atoms with van der Waals surface area (Å²) in [4.78, 5) is 36.0.